The molecule has 0 heterocycles. The Hall–Kier alpha value is -2.46. The van der Waals surface area contributed by atoms with Gasteiger partial charge in [0, 0.05) is 25.7 Å². The molecule has 0 saturated heterocycles. The van der Waals surface area contributed by atoms with E-state index in [4.69, 9.17) is 37.0 Å². The number of hydrogen-bond donors (Lipinski definition) is 3. The van der Waals surface area contributed by atoms with Gasteiger partial charge in [-0.3, -0.25) is 37.3 Å². The minimum absolute atomic E-state index is 0.100. The molecular formula is C76H144O17P2. The number of aliphatic hydroxyl groups excluding tert-OH is 1. The summed E-state index contributed by atoms with van der Waals surface area (Å²) in [6.45, 7) is 11.8. The summed E-state index contributed by atoms with van der Waals surface area (Å²) in [6.07, 6.45) is 54.9. The summed E-state index contributed by atoms with van der Waals surface area (Å²) in [5.41, 5.74) is 0. The number of ether oxygens (including phenoxy) is 4. The average molecular weight is 1390 g/mol. The number of aliphatic hydroxyl groups is 1. The first-order valence-corrected chi connectivity index (χ1v) is 41.7. The zero-order valence-electron chi connectivity index (χ0n) is 61.6. The summed E-state index contributed by atoms with van der Waals surface area (Å²) in [4.78, 5) is 72.8. The van der Waals surface area contributed by atoms with Crippen molar-refractivity contribution in [3.05, 3.63) is 24.3 Å². The summed E-state index contributed by atoms with van der Waals surface area (Å²) < 4.78 is 68.5. The van der Waals surface area contributed by atoms with Crippen LogP contribution in [0.1, 0.15) is 363 Å². The van der Waals surface area contributed by atoms with Crippen LogP contribution in [-0.2, 0) is 65.4 Å². The maximum Gasteiger partial charge on any atom is 0.472 e. The minimum Gasteiger partial charge on any atom is -0.462 e. The normalized spacial score (nSPS) is 14.8. The van der Waals surface area contributed by atoms with Crippen molar-refractivity contribution in [3.63, 3.8) is 0 Å². The molecule has 0 amide bonds. The van der Waals surface area contributed by atoms with E-state index in [1.165, 1.54) is 148 Å². The van der Waals surface area contributed by atoms with Crippen molar-refractivity contribution in [3.8, 4) is 0 Å². The van der Waals surface area contributed by atoms with Crippen LogP contribution in [0.4, 0.5) is 0 Å². The Morgan fingerprint density at radius 1 is 0.347 bits per heavy atom. The van der Waals surface area contributed by atoms with Gasteiger partial charge in [0.25, 0.3) is 0 Å². The monoisotopic (exact) mass is 1390 g/mol. The molecule has 0 aliphatic heterocycles. The van der Waals surface area contributed by atoms with Crippen molar-refractivity contribution in [2.45, 2.75) is 381 Å². The van der Waals surface area contributed by atoms with Gasteiger partial charge in [-0.25, -0.2) is 9.13 Å². The maximum absolute atomic E-state index is 13.1. The van der Waals surface area contributed by atoms with Gasteiger partial charge in [-0.05, 0) is 69.1 Å². The van der Waals surface area contributed by atoms with Gasteiger partial charge in [0.2, 0.25) is 0 Å². The number of esters is 4. The zero-order chi connectivity index (χ0) is 70.1. The van der Waals surface area contributed by atoms with Crippen LogP contribution in [-0.4, -0.2) is 96.7 Å². The van der Waals surface area contributed by atoms with Gasteiger partial charge in [-0.15, -0.1) is 0 Å². The quantitative estimate of drug-likeness (QED) is 0.0169. The second kappa shape index (κ2) is 66.1. The first kappa shape index (κ1) is 92.5. The highest BCUT2D eigenvalue weighted by molar-refractivity contribution is 7.47. The molecule has 0 aromatic heterocycles. The van der Waals surface area contributed by atoms with E-state index in [2.05, 4.69) is 72.8 Å². The Balaban J connectivity index is 5.29. The van der Waals surface area contributed by atoms with E-state index in [1.54, 1.807) is 0 Å². The Morgan fingerprint density at radius 2 is 0.621 bits per heavy atom. The molecule has 7 atom stereocenters. The second-order valence-corrected chi connectivity index (χ2v) is 30.6. The molecule has 0 aromatic rings. The second-order valence-electron chi connectivity index (χ2n) is 27.7. The van der Waals surface area contributed by atoms with Crippen molar-refractivity contribution in [2.75, 3.05) is 39.6 Å². The fraction of sp³-hybridized carbons (Fsp3) is 0.895. The highest BCUT2D eigenvalue weighted by Crippen LogP contribution is 2.45. The van der Waals surface area contributed by atoms with Gasteiger partial charge in [0.05, 0.1) is 26.4 Å². The molecule has 0 fully saturated rings. The largest absolute Gasteiger partial charge is 0.472 e. The van der Waals surface area contributed by atoms with Crippen molar-refractivity contribution >= 4 is 39.5 Å². The minimum atomic E-state index is -4.97. The van der Waals surface area contributed by atoms with E-state index in [-0.39, 0.29) is 25.7 Å². The van der Waals surface area contributed by atoms with E-state index in [1.807, 2.05) is 0 Å². The Labute approximate surface area is 580 Å². The molecule has 0 bridgehead atoms. The molecule has 0 radical (unpaired) electrons. The summed E-state index contributed by atoms with van der Waals surface area (Å²) >= 11 is 0. The highest BCUT2D eigenvalue weighted by atomic mass is 31.2. The first-order chi connectivity index (χ1) is 45.8. The lowest BCUT2D eigenvalue weighted by Gasteiger charge is -2.21. The molecule has 3 N–H and O–H groups in total. The number of carbonyl (C=O) groups is 4. The first-order valence-electron chi connectivity index (χ1n) is 38.7. The molecule has 4 unspecified atom stereocenters. The summed E-state index contributed by atoms with van der Waals surface area (Å²) in [7, 11) is -9.92. The number of hydrogen-bond acceptors (Lipinski definition) is 15. The van der Waals surface area contributed by atoms with Gasteiger partial charge < -0.3 is 33.8 Å². The lowest BCUT2D eigenvalue weighted by molar-refractivity contribution is -0.161. The molecule has 560 valence electrons. The molecule has 0 spiro atoms. The van der Waals surface area contributed by atoms with Crippen LogP contribution in [0.3, 0.4) is 0 Å². The Morgan fingerprint density at radius 3 is 0.937 bits per heavy atom. The standard InChI is InChI=1S/C76H144O17P2/c1-8-11-12-13-14-15-16-17-18-22-25-30-35-43-50-57-73(78)86-63-71(92-75(80)59-52-45-36-31-26-23-20-19-21-24-29-34-41-48-55-68(6)9-2)65-90-94(82,83)88-61-70(77)62-89-95(84,85)91-66-72(64-87-74(79)58-51-44-39-38-42-49-56-69(7)10-3)93-76(81)60-53-46-37-32-27-28-33-40-47-54-67(4)5/h15-18,67-72,77H,8-14,19-66H2,1-7H3,(H,82,83)(H,84,85)/b16-15-,18-17-/t68?,69?,70-,71-,72-/m1/s1. The number of phosphoric ester groups is 2. The number of unbranched alkanes of at least 4 members (excludes halogenated alkanes) is 35. The molecule has 0 rings (SSSR count). The number of carbonyl (C=O) groups excluding carboxylic acids is 4. The van der Waals surface area contributed by atoms with Crippen molar-refractivity contribution < 1.29 is 80.2 Å². The molecular weight excluding hydrogens is 1250 g/mol. The fourth-order valence-electron chi connectivity index (χ4n) is 11.0. The summed E-state index contributed by atoms with van der Waals surface area (Å²) in [5, 5.41) is 10.6. The molecule has 17 nitrogen and oxygen atoms in total. The Kier molecular flexibility index (Phi) is 64.4. The highest BCUT2D eigenvalue weighted by Gasteiger charge is 2.30. The zero-order valence-corrected chi connectivity index (χ0v) is 63.4. The van der Waals surface area contributed by atoms with Gasteiger partial charge >= 0.3 is 39.5 Å². The van der Waals surface area contributed by atoms with Gasteiger partial charge in [-0.1, -0.05) is 310 Å². The van der Waals surface area contributed by atoms with Crippen molar-refractivity contribution in [1.82, 2.24) is 0 Å². The number of rotatable bonds is 72. The molecule has 0 aliphatic carbocycles. The van der Waals surface area contributed by atoms with E-state index >= 15 is 0 Å². The van der Waals surface area contributed by atoms with Gasteiger partial charge in [-0.2, -0.15) is 0 Å². The predicted octanol–water partition coefficient (Wildman–Crippen LogP) is 21.7. The van der Waals surface area contributed by atoms with Crippen LogP contribution in [0.5, 0.6) is 0 Å². The SMILES string of the molecule is CCCCCC/C=C\C=C/CCCCCCCC(=O)OC[C@H](COP(=O)(O)OC[C@@H](O)COP(=O)(O)OC[C@@H](COC(=O)CCCCCCCCC(C)CC)OC(=O)CCCCCCCCCCCC(C)C)OC(=O)CCCCCCCCCCCCCCCCC(C)CC. The lowest BCUT2D eigenvalue weighted by atomic mass is 9.99. The van der Waals surface area contributed by atoms with Crippen LogP contribution in [0.15, 0.2) is 24.3 Å². The molecule has 0 saturated carbocycles. The van der Waals surface area contributed by atoms with Crippen LogP contribution < -0.4 is 0 Å². The van der Waals surface area contributed by atoms with Crippen LogP contribution in [0.2, 0.25) is 0 Å². The molecule has 95 heavy (non-hydrogen) atoms. The van der Waals surface area contributed by atoms with Crippen molar-refractivity contribution in [1.29, 1.82) is 0 Å². The Bertz CT molecular complexity index is 1950. The third-order valence-electron chi connectivity index (χ3n) is 17.7. The third-order valence-corrected chi connectivity index (χ3v) is 19.6. The summed E-state index contributed by atoms with van der Waals surface area (Å²) in [5.74, 6) is 0.157. The fourth-order valence-corrected chi connectivity index (χ4v) is 12.6. The smallest absolute Gasteiger partial charge is 0.462 e. The van der Waals surface area contributed by atoms with E-state index in [0.717, 1.165) is 133 Å². The van der Waals surface area contributed by atoms with E-state index in [0.29, 0.717) is 25.7 Å². The van der Waals surface area contributed by atoms with Gasteiger partial charge in [0.15, 0.2) is 12.2 Å². The topological polar surface area (TPSA) is 237 Å². The average Bonchev–Trinajstić information content (AvgIpc) is 1.46. The molecule has 19 heteroatoms. The van der Waals surface area contributed by atoms with Crippen LogP contribution >= 0.6 is 15.6 Å². The lowest BCUT2D eigenvalue weighted by Crippen LogP contribution is -2.30. The maximum atomic E-state index is 13.1. The van der Waals surface area contributed by atoms with Crippen LogP contribution in [0.25, 0.3) is 0 Å². The number of allylic oxidation sites excluding steroid dienone is 4. The summed E-state index contributed by atoms with van der Waals surface area (Å²) in [6, 6.07) is 0. The van der Waals surface area contributed by atoms with Gasteiger partial charge in [0.1, 0.15) is 19.3 Å². The predicted molar refractivity (Wildman–Crippen MR) is 386 cm³/mol. The van der Waals surface area contributed by atoms with E-state index < -0.39 is 97.5 Å². The third kappa shape index (κ3) is 67.2. The molecule has 0 aromatic carbocycles. The van der Waals surface area contributed by atoms with E-state index in [9.17, 15) is 43.2 Å². The molecule has 0 aliphatic rings. The number of phosphoric acid groups is 2. The van der Waals surface area contributed by atoms with Crippen LogP contribution in [0, 0.1) is 17.8 Å². The van der Waals surface area contributed by atoms with Crippen molar-refractivity contribution in [2.24, 2.45) is 17.8 Å².